The van der Waals surface area contributed by atoms with Crippen LogP contribution >= 0.6 is 0 Å². The lowest BCUT2D eigenvalue weighted by Gasteiger charge is -2.29. The van der Waals surface area contributed by atoms with Crippen molar-refractivity contribution in [3.63, 3.8) is 0 Å². The van der Waals surface area contributed by atoms with E-state index in [1.807, 2.05) is 0 Å². The van der Waals surface area contributed by atoms with E-state index in [0.717, 1.165) is 6.07 Å². The van der Waals surface area contributed by atoms with Crippen molar-refractivity contribution in [3.05, 3.63) is 77.0 Å². The Bertz CT molecular complexity index is 1260. The molecule has 0 saturated heterocycles. The predicted molar refractivity (Wildman–Crippen MR) is 122 cm³/mol. The maximum Gasteiger partial charge on any atom is 0.329 e. The zero-order valence-corrected chi connectivity index (χ0v) is 19.3. The number of fused-ring (bicyclic) bond motifs is 1. The summed E-state index contributed by atoms with van der Waals surface area (Å²) in [5.41, 5.74) is 0.298. The van der Waals surface area contributed by atoms with Crippen molar-refractivity contribution >= 4 is 17.4 Å². The van der Waals surface area contributed by atoms with Crippen LogP contribution in [-0.4, -0.2) is 31.8 Å². The molecule has 3 aromatic rings. The largest absolute Gasteiger partial charge is 0.497 e. The van der Waals surface area contributed by atoms with E-state index in [4.69, 9.17) is 9.47 Å². The number of ether oxygens (including phenoxy) is 2. The highest BCUT2D eigenvalue weighted by Gasteiger charge is 2.34. The van der Waals surface area contributed by atoms with Crippen LogP contribution in [0.15, 0.2) is 48.7 Å². The Balaban J connectivity index is 1.79. The lowest BCUT2D eigenvalue weighted by Crippen LogP contribution is -2.42. The molecule has 1 aromatic heterocycles. The molecule has 0 radical (unpaired) electrons. The molecule has 1 aliphatic heterocycles. The fraction of sp³-hybridized carbons (Fsp3) is 0.280. The number of alkyl halides is 2. The van der Waals surface area contributed by atoms with Gasteiger partial charge in [-0.2, -0.15) is 0 Å². The van der Waals surface area contributed by atoms with Gasteiger partial charge in [-0.1, -0.05) is 12.1 Å². The first-order valence-corrected chi connectivity index (χ1v) is 10.7. The van der Waals surface area contributed by atoms with Gasteiger partial charge in [0.1, 0.15) is 17.4 Å². The minimum Gasteiger partial charge on any atom is -0.497 e. The van der Waals surface area contributed by atoms with Gasteiger partial charge in [-0.3, -0.25) is 9.80 Å². The van der Waals surface area contributed by atoms with Crippen molar-refractivity contribution in [3.8, 4) is 11.6 Å². The fourth-order valence-electron chi connectivity index (χ4n) is 4.03. The van der Waals surface area contributed by atoms with Crippen LogP contribution in [0.5, 0.6) is 11.6 Å². The molecule has 1 aliphatic rings. The van der Waals surface area contributed by atoms with Crippen LogP contribution in [-0.2, 0) is 18.9 Å². The Labute approximate surface area is 199 Å². The van der Waals surface area contributed by atoms with E-state index in [9.17, 15) is 22.4 Å². The summed E-state index contributed by atoms with van der Waals surface area (Å²) >= 11 is 0. The number of carbonyl (C=O) groups is 1. The number of anilines is 2. The number of halogens is 4. The van der Waals surface area contributed by atoms with Crippen molar-refractivity contribution in [2.45, 2.75) is 25.8 Å². The van der Waals surface area contributed by atoms with Crippen LogP contribution in [0.2, 0.25) is 0 Å². The third-order valence-corrected chi connectivity index (χ3v) is 5.84. The number of carbonyl (C=O) groups excluding carboxylic acids is 1. The molecule has 0 saturated carbocycles. The van der Waals surface area contributed by atoms with E-state index < -0.39 is 29.2 Å². The van der Waals surface area contributed by atoms with Gasteiger partial charge < -0.3 is 9.47 Å². The first kappa shape index (κ1) is 24.3. The van der Waals surface area contributed by atoms with Gasteiger partial charge >= 0.3 is 6.03 Å². The van der Waals surface area contributed by atoms with E-state index in [-0.39, 0.29) is 47.9 Å². The minimum absolute atomic E-state index is 0.00288. The third-order valence-electron chi connectivity index (χ3n) is 5.84. The van der Waals surface area contributed by atoms with Crippen molar-refractivity contribution in [1.82, 2.24) is 4.98 Å². The zero-order valence-electron chi connectivity index (χ0n) is 19.3. The first-order chi connectivity index (χ1) is 16.6. The molecule has 6 nitrogen and oxygen atoms in total. The van der Waals surface area contributed by atoms with E-state index >= 15 is 0 Å². The summed E-state index contributed by atoms with van der Waals surface area (Å²) in [6.45, 7) is 0.476. The number of amides is 2. The predicted octanol–water partition coefficient (Wildman–Crippen LogP) is 5.68. The second-order valence-electron chi connectivity index (χ2n) is 8.10. The highest BCUT2D eigenvalue weighted by Crippen LogP contribution is 2.37. The van der Waals surface area contributed by atoms with Crippen molar-refractivity contribution in [2.75, 3.05) is 30.6 Å². The number of pyridine rings is 1. The number of aromatic nitrogens is 1. The van der Waals surface area contributed by atoms with Crippen LogP contribution in [0.4, 0.5) is 33.7 Å². The minimum atomic E-state index is -3.29. The van der Waals surface area contributed by atoms with Crippen LogP contribution in [0.25, 0.3) is 0 Å². The first-order valence-electron chi connectivity index (χ1n) is 10.7. The number of urea groups is 1. The maximum absolute atomic E-state index is 14.8. The number of methoxy groups -OCH3 is 2. The Morgan fingerprint density at radius 1 is 1.06 bits per heavy atom. The molecule has 0 atom stereocenters. The van der Waals surface area contributed by atoms with Crippen LogP contribution < -0.4 is 19.3 Å². The number of hydrogen-bond donors (Lipinski definition) is 0. The van der Waals surface area contributed by atoms with Crippen molar-refractivity contribution in [1.29, 1.82) is 0 Å². The number of rotatable bonds is 6. The summed E-state index contributed by atoms with van der Waals surface area (Å²) in [7, 11) is 2.62. The molecule has 184 valence electrons. The summed E-state index contributed by atoms with van der Waals surface area (Å²) < 4.78 is 67.9. The fourth-order valence-corrected chi connectivity index (χ4v) is 4.03. The van der Waals surface area contributed by atoms with Gasteiger partial charge in [0, 0.05) is 30.7 Å². The summed E-state index contributed by atoms with van der Waals surface area (Å²) in [5, 5.41) is 0. The van der Waals surface area contributed by atoms with Gasteiger partial charge in [0.2, 0.25) is 5.88 Å². The molecule has 0 N–H and O–H groups in total. The molecular formula is C25H23F4N3O3. The molecule has 0 spiro atoms. The lowest BCUT2D eigenvalue weighted by atomic mass is 10.1. The molecular weight excluding hydrogens is 466 g/mol. The highest BCUT2D eigenvalue weighted by atomic mass is 19.3. The molecule has 4 rings (SSSR count). The monoisotopic (exact) mass is 489 g/mol. The average Bonchev–Trinajstić information content (AvgIpc) is 2.96. The van der Waals surface area contributed by atoms with Crippen LogP contribution in [0, 0.1) is 11.6 Å². The Kier molecular flexibility index (Phi) is 6.56. The molecule has 2 heterocycles. The molecule has 0 bridgehead atoms. The standard InChI is InChI=1S/C25H23F4N3O3/c1-25(28,29)19-11-16(13-30-23(19)35-3)31-10-9-18-20(26)5-4-6-22(18)32(24(31)33)14-15-7-8-17(34-2)12-21(15)27/h4-8,11-13H,9-10,14H2,1-3H3. The number of benzene rings is 2. The van der Waals surface area contributed by atoms with Crippen molar-refractivity contribution in [2.24, 2.45) is 0 Å². The Hall–Kier alpha value is -3.82. The average molecular weight is 489 g/mol. The van der Waals surface area contributed by atoms with E-state index in [1.165, 1.54) is 54.5 Å². The molecule has 2 amide bonds. The molecule has 10 heteroatoms. The number of nitrogens with zero attached hydrogens (tertiary/aromatic N) is 3. The van der Waals surface area contributed by atoms with Gasteiger partial charge in [0.25, 0.3) is 5.92 Å². The van der Waals surface area contributed by atoms with Gasteiger partial charge in [0.15, 0.2) is 0 Å². The normalized spacial score (nSPS) is 14.0. The zero-order chi connectivity index (χ0) is 25.3. The number of hydrogen-bond acceptors (Lipinski definition) is 4. The lowest BCUT2D eigenvalue weighted by molar-refractivity contribution is 0.0145. The highest BCUT2D eigenvalue weighted by molar-refractivity contribution is 6.04. The quantitative estimate of drug-likeness (QED) is 0.418. The van der Waals surface area contributed by atoms with Crippen LogP contribution in [0.3, 0.4) is 0 Å². The van der Waals surface area contributed by atoms with Crippen LogP contribution in [0.1, 0.15) is 23.6 Å². The summed E-state index contributed by atoms with van der Waals surface area (Å²) in [6, 6.07) is 9.00. The smallest absolute Gasteiger partial charge is 0.329 e. The van der Waals surface area contributed by atoms with E-state index in [1.54, 1.807) is 12.1 Å². The topological polar surface area (TPSA) is 54.9 Å². The van der Waals surface area contributed by atoms with Gasteiger partial charge in [-0.05, 0) is 30.7 Å². The molecule has 35 heavy (non-hydrogen) atoms. The molecule has 0 unspecified atom stereocenters. The van der Waals surface area contributed by atoms with Gasteiger partial charge in [-0.15, -0.1) is 0 Å². The maximum atomic E-state index is 14.8. The summed E-state index contributed by atoms with van der Waals surface area (Å²) in [5.74, 6) is -4.38. The molecule has 0 aliphatic carbocycles. The van der Waals surface area contributed by atoms with Gasteiger partial charge in [0.05, 0.1) is 43.9 Å². The summed E-state index contributed by atoms with van der Waals surface area (Å²) in [4.78, 5) is 20.1. The molecule has 0 fully saturated rings. The second-order valence-corrected chi connectivity index (χ2v) is 8.10. The third kappa shape index (κ3) is 4.73. The van der Waals surface area contributed by atoms with E-state index in [0.29, 0.717) is 12.7 Å². The summed E-state index contributed by atoms with van der Waals surface area (Å²) in [6.07, 6.45) is 1.35. The molecule has 2 aromatic carbocycles. The van der Waals surface area contributed by atoms with Gasteiger partial charge in [-0.25, -0.2) is 27.3 Å². The van der Waals surface area contributed by atoms with Crippen molar-refractivity contribution < 1.29 is 31.8 Å². The Morgan fingerprint density at radius 3 is 2.49 bits per heavy atom. The van der Waals surface area contributed by atoms with E-state index in [2.05, 4.69) is 4.98 Å². The Morgan fingerprint density at radius 2 is 1.83 bits per heavy atom. The second kappa shape index (κ2) is 9.44. The SMILES string of the molecule is COc1ccc(CN2C(=O)N(c3cnc(OC)c(C(C)(F)F)c3)CCc3c(F)cccc32)c(F)c1.